The van der Waals surface area contributed by atoms with Gasteiger partial charge < -0.3 is 15.4 Å². The molecule has 0 bridgehead atoms. The molecule has 2 N–H and O–H groups in total. The van der Waals surface area contributed by atoms with Crippen LogP contribution in [0.25, 0.3) is 0 Å². The van der Waals surface area contributed by atoms with Crippen molar-refractivity contribution in [2.75, 3.05) is 13.7 Å². The van der Waals surface area contributed by atoms with E-state index in [0.29, 0.717) is 11.5 Å². The Hall–Kier alpha value is -2.11. The maximum Gasteiger partial charge on any atom is 0.337 e. The fourth-order valence-electron chi connectivity index (χ4n) is 2.77. The summed E-state index contributed by atoms with van der Waals surface area (Å²) in [5, 5.41) is 0. The summed E-state index contributed by atoms with van der Waals surface area (Å²) in [6.45, 7) is 0.809. The molecule has 0 radical (unpaired) electrons. The summed E-state index contributed by atoms with van der Waals surface area (Å²) in [7, 11) is 1.28. The van der Waals surface area contributed by atoms with Crippen LogP contribution in [-0.2, 0) is 4.74 Å². The van der Waals surface area contributed by atoms with Crippen LogP contribution >= 0.6 is 0 Å². The molecule has 6 heteroatoms. The van der Waals surface area contributed by atoms with Crippen LogP contribution in [0.5, 0.6) is 0 Å². The number of hydrogen-bond donors (Lipinski definition) is 1. The molecular formula is C13H14FN3O2. The van der Waals surface area contributed by atoms with Crippen LogP contribution in [-0.4, -0.2) is 30.5 Å². The van der Waals surface area contributed by atoms with Crippen LogP contribution in [0.1, 0.15) is 34.8 Å². The summed E-state index contributed by atoms with van der Waals surface area (Å²) < 4.78 is 18.7. The number of methoxy groups -OCH3 is 1. The lowest BCUT2D eigenvalue weighted by Crippen LogP contribution is -2.38. The standard InChI is InChI=1S/C13H14FN3O2/c1-19-12(18)7-5-8-10-3-2-4-17(10)13(15)16-11(8)9(14)6-7/h5-6,10H,2-4H2,1H3,(H2,15,16)/t10-/m1/s1. The predicted octanol–water partition coefficient (Wildman–Crippen LogP) is 1.71. The highest BCUT2D eigenvalue weighted by atomic mass is 19.1. The number of aliphatic imine (C=N–C) groups is 1. The van der Waals surface area contributed by atoms with Gasteiger partial charge in [-0.05, 0) is 25.0 Å². The Bertz CT molecular complexity index is 585. The molecule has 1 saturated heterocycles. The number of fused-ring (bicyclic) bond motifs is 3. The third-order valence-electron chi connectivity index (χ3n) is 3.65. The maximum atomic E-state index is 14.1. The van der Waals surface area contributed by atoms with E-state index in [4.69, 9.17) is 5.73 Å². The van der Waals surface area contributed by atoms with E-state index in [9.17, 15) is 9.18 Å². The normalized spacial score (nSPS) is 20.6. The molecule has 0 saturated carbocycles. The minimum Gasteiger partial charge on any atom is -0.465 e. The van der Waals surface area contributed by atoms with Crippen LogP contribution in [0.2, 0.25) is 0 Å². The van der Waals surface area contributed by atoms with E-state index < -0.39 is 11.8 Å². The van der Waals surface area contributed by atoms with E-state index in [2.05, 4.69) is 9.73 Å². The summed E-state index contributed by atoms with van der Waals surface area (Å²) in [6, 6.07) is 2.81. The lowest BCUT2D eigenvalue weighted by molar-refractivity contribution is 0.0600. The van der Waals surface area contributed by atoms with Crippen molar-refractivity contribution in [3.8, 4) is 0 Å². The summed E-state index contributed by atoms with van der Waals surface area (Å²) in [5.41, 5.74) is 7.01. The van der Waals surface area contributed by atoms with Crippen molar-refractivity contribution < 1.29 is 13.9 Å². The number of carbonyl (C=O) groups excluding carboxylic acids is 1. The third kappa shape index (κ3) is 1.75. The maximum absolute atomic E-state index is 14.1. The lowest BCUT2D eigenvalue weighted by Gasteiger charge is -2.31. The molecule has 1 atom stereocenters. The molecule has 3 rings (SSSR count). The SMILES string of the molecule is COC(=O)c1cc(F)c2c(c1)[C@H]1CCCN1C(N)=N2. The third-order valence-corrected chi connectivity index (χ3v) is 3.65. The molecule has 2 aliphatic rings. The number of halogens is 1. The van der Waals surface area contributed by atoms with Gasteiger partial charge in [-0.2, -0.15) is 0 Å². The van der Waals surface area contributed by atoms with Gasteiger partial charge in [0.15, 0.2) is 5.96 Å². The highest BCUT2D eigenvalue weighted by Crippen LogP contribution is 2.42. The highest BCUT2D eigenvalue weighted by Gasteiger charge is 2.34. The zero-order valence-electron chi connectivity index (χ0n) is 10.5. The summed E-state index contributed by atoms with van der Waals surface area (Å²) in [4.78, 5) is 17.6. The Morgan fingerprint density at radius 1 is 1.58 bits per heavy atom. The number of nitrogens with zero attached hydrogens (tertiary/aromatic N) is 2. The molecule has 2 aliphatic heterocycles. The Morgan fingerprint density at radius 3 is 3.11 bits per heavy atom. The van der Waals surface area contributed by atoms with E-state index in [0.717, 1.165) is 25.5 Å². The molecule has 5 nitrogen and oxygen atoms in total. The summed E-state index contributed by atoms with van der Waals surface area (Å²) in [6.07, 6.45) is 1.86. The molecule has 0 aromatic heterocycles. The molecule has 0 spiro atoms. The van der Waals surface area contributed by atoms with Crippen LogP contribution in [0.15, 0.2) is 17.1 Å². The van der Waals surface area contributed by atoms with Crippen molar-refractivity contribution in [1.82, 2.24) is 4.90 Å². The molecule has 2 heterocycles. The van der Waals surface area contributed by atoms with Gasteiger partial charge in [-0.1, -0.05) is 0 Å². The Morgan fingerprint density at radius 2 is 2.37 bits per heavy atom. The lowest BCUT2D eigenvalue weighted by atomic mass is 9.98. The second-order valence-electron chi connectivity index (χ2n) is 4.71. The smallest absolute Gasteiger partial charge is 0.337 e. The zero-order valence-corrected chi connectivity index (χ0v) is 10.5. The molecule has 19 heavy (non-hydrogen) atoms. The van der Waals surface area contributed by atoms with Gasteiger partial charge in [0.25, 0.3) is 0 Å². The number of nitrogens with two attached hydrogens (primary N) is 1. The highest BCUT2D eigenvalue weighted by molar-refractivity contribution is 5.91. The van der Waals surface area contributed by atoms with E-state index >= 15 is 0 Å². The molecule has 0 aliphatic carbocycles. The van der Waals surface area contributed by atoms with Crippen molar-refractivity contribution in [3.63, 3.8) is 0 Å². The number of esters is 1. The molecular weight excluding hydrogens is 249 g/mol. The second kappa shape index (κ2) is 4.22. The first kappa shape index (κ1) is 12.0. The van der Waals surface area contributed by atoms with Gasteiger partial charge in [-0.15, -0.1) is 0 Å². The summed E-state index contributed by atoms with van der Waals surface area (Å²) >= 11 is 0. The molecule has 1 fully saturated rings. The average Bonchev–Trinajstić information content (AvgIpc) is 2.89. The number of guanidine groups is 1. The number of benzene rings is 1. The van der Waals surface area contributed by atoms with Crippen molar-refractivity contribution in [2.24, 2.45) is 10.7 Å². The first-order chi connectivity index (χ1) is 9.11. The molecule has 0 unspecified atom stereocenters. The van der Waals surface area contributed by atoms with E-state index in [1.807, 2.05) is 4.90 Å². The van der Waals surface area contributed by atoms with Gasteiger partial charge in [0.1, 0.15) is 11.5 Å². The average molecular weight is 263 g/mol. The van der Waals surface area contributed by atoms with Crippen LogP contribution in [0.4, 0.5) is 10.1 Å². The van der Waals surface area contributed by atoms with Crippen molar-refractivity contribution in [1.29, 1.82) is 0 Å². The zero-order chi connectivity index (χ0) is 13.6. The molecule has 100 valence electrons. The largest absolute Gasteiger partial charge is 0.465 e. The van der Waals surface area contributed by atoms with Crippen LogP contribution < -0.4 is 5.73 Å². The number of hydrogen-bond acceptors (Lipinski definition) is 5. The summed E-state index contributed by atoms with van der Waals surface area (Å²) in [5.74, 6) is -0.735. The van der Waals surface area contributed by atoms with Gasteiger partial charge in [-0.3, -0.25) is 0 Å². The molecule has 0 amide bonds. The Balaban J connectivity index is 2.16. The van der Waals surface area contributed by atoms with Crippen molar-refractivity contribution >= 4 is 17.6 Å². The van der Waals surface area contributed by atoms with Gasteiger partial charge >= 0.3 is 5.97 Å². The van der Waals surface area contributed by atoms with Crippen molar-refractivity contribution in [2.45, 2.75) is 18.9 Å². The van der Waals surface area contributed by atoms with Crippen molar-refractivity contribution in [3.05, 3.63) is 29.1 Å². The topological polar surface area (TPSA) is 67.9 Å². The number of rotatable bonds is 1. The van der Waals surface area contributed by atoms with Crippen LogP contribution in [0.3, 0.4) is 0 Å². The minimum atomic E-state index is -0.547. The predicted molar refractivity (Wildman–Crippen MR) is 67.7 cm³/mol. The van der Waals surface area contributed by atoms with Gasteiger partial charge in [-0.25, -0.2) is 14.2 Å². The van der Waals surface area contributed by atoms with E-state index in [1.165, 1.54) is 7.11 Å². The first-order valence-corrected chi connectivity index (χ1v) is 6.14. The van der Waals surface area contributed by atoms with Crippen LogP contribution in [0, 0.1) is 5.82 Å². The number of ether oxygens (including phenoxy) is 1. The fourth-order valence-corrected chi connectivity index (χ4v) is 2.77. The van der Waals surface area contributed by atoms with Gasteiger partial charge in [0, 0.05) is 12.1 Å². The minimum absolute atomic E-state index is 0.00612. The molecule has 1 aromatic rings. The Labute approximate surface area is 109 Å². The van der Waals surface area contributed by atoms with E-state index in [1.54, 1.807) is 6.07 Å². The van der Waals surface area contributed by atoms with E-state index in [-0.39, 0.29) is 17.3 Å². The number of carbonyl (C=O) groups is 1. The fraction of sp³-hybridized carbons (Fsp3) is 0.385. The van der Waals surface area contributed by atoms with Gasteiger partial charge in [0.2, 0.25) is 0 Å². The van der Waals surface area contributed by atoms with Gasteiger partial charge in [0.05, 0.1) is 18.7 Å². The quantitative estimate of drug-likeness (QED) is 0.783. The second-order valence-corrected chi connectivity index (χ2v) is 4.71. The molecule has 1 aromatic carbocycles. The monoisotopic (exact) mass is 263 g/mol. The Kier molecular flexibility index (Phi) is 2.66. The first-order valence-electron chi connectivity index (χ1n) is 6.14.